The molecule has 5 heteroatoms. The molecule has 3 rings (SSSR count). The van der Waals surface area contributed by atoms with Gasteiger partial charge in [-0.1, -0.05) is 17.3 Å². The molecule has 3 aromatic rings. The first-order valence-corrected chi connectivity index (χ1v) is 7.07. The van der Waals surface area contributed by atoms with Crippen molar-refractivity contribution in [2.45, 2.75) is 6.92 Å². The SMILES string of the molecule is Cc1cscc1-c1noc(/C=C/c2ccc(N)cc2)n1. The summed E-state index contributed by atoms with van der Waals surface area (Å²) in [5, 5.41) is 8.08. The van der Waals surface area contributed by atoms with E-state index >= 15 is 0 Å². The molecule has 0 aliphatic rings. The molecule has 0 fully saturated rings. The Morgan fingerprint density at radius 3 is 2.65 bits per heavy atom. The Balaban J connectivity index is 1.81. The van der Waals surface area contributed by atoms with E-state index in [2.05, 4.69) is 15.5 Å². The normalized spacial score (nSPS) is 11.2. The second-order valence-corrected chi connectivity index (χ2v) is 5.17. The summed E-state index contributed by atoms with van der Waals surface area (Å²) in [5.74, 6) is 1.11. The predicted octanol–water partition coefficient (Wildman–Crippen LogP) is 3.86. The van der Waals surface area contributed by atoms with E-state index in [1.165, 1.54) is 0 Å². The number of aryl methyl sites for hydroxylation is 1. The van der Waals surface area contributed by atoms with Gasteiger partial charge in [-0.25, -0.2) is 0 Å². The van der Waals surface area contributed by atoms with Gasteiger partial charge in [0.1, 0.15) is 0 Å². The van der Waals surface area contributed by atoms with E-state index in [-0.39, 0.29) is 0 Å². The van der Waals surface area contributed by atoms with Crippen molar-refractivity contribution in [1.29, 1.82) is 0 Å². The van der Waals surface area contributed by atoms with Crippen LogP contribution in [0.3, 0.4) is 0 Å². The number of benzene rings is 1. The van der Waals surface area contributed by atoms with Gasteiger partial charge in [0, 0.05) is 22.7 Å². The molecule has 0 saturated carbocycles. The molecule has 20 heavy (non-hydrogen) atoms. The lowest BCUT2D eigenvalue weighted by Gasteiger charge is -1.93. The highest BCUT2D eigenvalue weighted by Gasteiger charge is 2.09. The zero-order chi connectivity index (χ0) is 13.9. The monoisotopic (exact) mass is 283 g/mol. The van der Waals surface area contributed by atoms with Gasteiger partial charge >= 0.3 is 0 Å². The maximum Gasteiger partial charge on any atom is 0.250 e. The summed E-state index contributed by atoms with van der Waals surface area (Å²) < 4.78 is 5.22. The average molecular weight is 283 g/mol. The lowest BCUT2D eigenvalue weighted by Crippen LogP contribution is -1.82. The number of nitrogens with two attached hydrogens (primary N) is 1. The molecule has 100 valence electrons. The minimum absolute atomic E-state index is 0.488. The molecule has 0 atom stereocenters. The molecule has 0 bridgehead atoms. The van der Waals surface area contributed by atoms with Crippen LogP contribution in [0.5, 0.6) is 0 Å². The third-order valence-electron chi connectivity index (χ3n) is 2.89. The molecule has 0 aliphatic heterocycles. The molecule has 0 unspecified atom stereocenters. The van der Waals surface area contributed by atoms with Gasteiger partial charge in [-0.2, -0.15) is 16.3 Å². The topological polar surface area (TPSA) is 64.9 Å². The third kappa shape index (κ3) is 2.62. The lowest BCUT2D eigenvalue weighted by molar-refractivity contribution is 0.411. The van der Waals surface area contributed by atoms with Gasteiger partial charge in [-0.15, -0.1) is 0 Å². The molecule has 4 nitrogen and oxygen atoms in total. The fourth-order valence-electron chi connectivity index (χ4n) is 1.78. The van der Waals surface area contributed by atoms with Gasteiger partial charge in [0.2, 0.25) is 5.82 Å². The predicted molar refractivity (Wildman–Crippen MR) is 82.1 cm³/mol. The van der Waals surface area contributed by atoms with Crippen LogP contribution in [0.15, 0.2) is 39.5 Å². The van der Waals surface area contributed by atoms with Crippen LogP contribution < -0.4 is 5.73 Å². The summed E-state index contributed by atoms with van der Waals surface area (Å²) in [7, 11) is 0. The fourth-order valence-corrected chi connectivity index (χ4v) is 2.60. The first-order valence-electron chi connectivity index (χ1n) is 6.13. The first kappa shape index (κ1) is 12.6. The van der Waals surface area contributed by atoms with Crippen LogP contribution in [-0.2, 0) is 0 Å². The maximum absolute atomic E-state index is 5.64. The van der Waals surface area contributed by atoms with Crippen LogP contribution in [0, 0.1) is 6.92 Å². The summed E-state index contributed by atoms with van der Waals surface area (Å²) in [6.07, 6.45) is 3.71. The van der Waals surface area contributed by atoms with Crippen LogP contribution in [0.2, 0.25) is 0 Å². The highest BCUT2D eigenvalue weighted by Crippen LogP contribution is 2.24. The quantitative estimate of drug-likeness (QED) is 0.741. The van der Waals surface area contributed by atoms with Crippen molar-refractivity contribution in [3.8, 4) is 11.4 Å². The summed E-state index contributed by atoms with van der Waals surface area (Å²) in [4.78, 5) is 4.36. The molecule has 2 aromatic heterocycles. The third-order valence-corrected chi connectivity index (χ3v) is 3.75. The Morgan fingerprint density at radius 2 is 1.95 bits per heavy atom. The molecule has 0 radical (unpaired) electrons. The second kappa shape index (κ2) is 5.30. The van der Waals surface area contributed by atoms with Gasteiger partial charge in [-0.05, 0) is 41.6 Å². The largest absolute Gasteiger partial charge is 0.399 e. The van der Waals surface area contributed by atoms with E-state index in [1.54, 1.807) is 17.4 Å². The molecule has 0 amide bonds. The number of rotatable bonds is 3. The number of nitrogen functional groups attached to an aromatic ring is 1. The van der Waals surface area contributed by atoms with Crippen LogP contribution in [0.1, 0.15) is 17.0 Å². The molecule has 0 spiro atoms. The number of thiophene rings is 1. The average Bonchev–Trinajstić information content (AvgIpc) is 3.06. The van der Waals surface area contributed by atoms with Crippen LogP contribution in [0.4, 0.5) is 5.69 Å². The first-order chi connectivity index (χ1) is 9.72. The Hall–Kier alpha value is -2.40. The van der Waals surface area contributed by atoms with Crippen molar-refractivity contribution in [1.82, 2.24) is 10.1 Å². The van der Waals surface area contributed by atoms with E-state index in [9.17, 15) is 0 Å². The zero-order valence-corrected chi connectivity index (χ0v) is 11.7. The van der Waals surface area contributed by atoms with Crippen molar-refractivity contribution in [3.63, 3.8) is 0 Å². The lowest BCUT2D eigenvalue weighted by atomic mass is 10.2. The minimum atomic E-state index is 0.488. The van der Waals surface area contributed by atoms with Crippen LogP contribution in [-0.4, -0.2) is 10.1 Å². The number of hydrogen-bond donors (Lipinski definition) is 1. The van der Waals surface area contributed by atoms with Crippen molar-refractivity contribution in [2.75, 3.05) is 5.73 Å². The number of nitrogens with zero attached hydrogens (tertiary/aromatic N) is 2. The fraction of sp³-hybridized carbons (Fsp3) is 0.0667. The van der Waals surface area contributed by atoms with Gasteiger partial charge in [-0.3, -0.25) is 0 Å². The van der Waals surface area contributed by atoms with Crippen LogP contribution in [0.25, 0.3) is 23.5 Å². The molecule has 1 aromatic carbocycles. The standard InChI is InChI=1S/C15H13N3OS/c1-10-8-20-9-13(10)15-17-14(19-18-15)7-4-11-2-5-12(16)6-3-11/h2-9H,16H2,1H3/b7-4+. The van der Waals surface area contributed by atoms with Gasteiger partial charge < -0.3 is 10.3 Å². The molecular formula is C15H13N3OS. The molecular weight excluding hydrogens is 270 g/mol. The molecule has 2 heterocycles. The molecule has 0 aliphatic carbocycles. The van der Waals surface area contributed by atoms with E-state index < -0.39 is 0 Å². The summed E-state index contributed by atoms with van der Waals surface area (Å²) in [6.45, 7) is 2.03. The van der Waals surface area contributed by atoms with Crippen LogP contribution >= 0.6 is 11.3 Å². The van der Waals surface area contributed by atoms with Crippen molar-refractivity contribution in [2.24, 2.45) is 0 Å². The Morgan fingerprint density at radius 1 is 1.15 bits per heavy atom. The van der Waals surface area contributed by atoms with E-state index in [0.29, 0.717) is 11.7 Å². The molecule has 0 saturated heterocycles. The van der Waals surface area contributed by atoms with E-state index in [0.717, 1.165) is 22.4 Å². The smallest absolute Gasteiger partial charge is 0.250 e. The highest BCUT2D eigenvalue weighted by molar-refractivity contribution is 7.08. The minimum Gasteiger partial charge on any atom is -0.399 e. The summed E-state index contributed by atoms with van der Waals surface area (Å²) in [5.41, 5.74) is 9.60. The maximum atomic E-state index is 5.64. The Labute approximate surface area is 120 Å². The second-order valence-electron chi connectivity index (χ2n) is 4.42. The van der Waals surface area contributed by atoms with Gasteiger partial charge in [0.05, 0.1) is 0 Å². The van der Waals surface area contributed by atoms with Gasteiger partial charge in [0.25, 0.3) is 5.89 Å². The number of aromatic nitrogens is 2. The zero-order valence-electron chi connectivity index (χ0n) is 10.9. The van der Waals surface area contributed by atoms with E-state index in [1.807, 2.05) is 42.6 Å². The summed E-state index contributed by atoms with van der Waals surface area (Å²) >= 11 is 1.63. The van der Waals surface area contributed by atoms with Crippen molar-refractivity contribution >= 4 is 29.2 Å². The number of hydrogen-bond acceptors (Lipinski definition) is 5. The highest BCUT2D eigenvalue weighted by atomic mass is 32.1. The van der Waals surface area contributed by atoms with Crippen molar-refractivity contribution in [3.05, 3.63) is 52.0 Å². The molecule has 2 N–H and O–H groups in total. The van der Waals surface area contributed by atoms with Gasteiger partial charge in [0.15, 0.2) is 0 Å². The Bertz CT molecular complexity index is 741. The van der Waals surface area contributed by atoms with Crippen molar-refractivity contribution < 1.29 is 4.52 Å². The van der Waals surface area contributed by atoms with E-state index in [4.69, 9.17) is 10.3 Å². The summed E-state index contributed by atoms with van der Waals surface area (Å²) in [6, 6.07) is 7.58. The number of anilines is 1. The Kier molecular flexibility index (Phi) is 3.35.